The van der Waals surface area contributed by atoms with Gasteiger partial charge in [0.25, 0.3) is 0 Å². The summed E-state index contributed by atoms with van der Waals surface area (Å²) in [6, 6.07) is 18.2. The van der Waals surface area contributed by atoms with Gasteiger partial charge < -0.3 is 30.0 Å². The number of hydrogen-bond donors (Lipinski definition) is 3. The number of carbonyl (C=O) groups excluding carboxylic acids is 1. The highest BCUT2D eigenvalue weighted by molar-refractivity contribution is 6.36. The number of amides is 1. The van der Waals surface area contributed by atoms with Gasteiger partial charge in [-0.25, -0.2) is 4.98 Å². The molecule has 4 aliphatic rings. The summed E-state index contributed by atoms with van der Waals surface area (Å²) in [6.45, 7) is 3.59. The van der Waals surface area contributed by atoms with Crippen LogP contribution in [0, 0.1) is 11.3 Å². The maximum atomic E-state index is 11.5. The molecule has 3 fully saturated rings. The Kier molecular flexibility index (Phi) is 10.2. The minimum absolute atomic E-state index is 0.101. The van der Waals surface area contributed by atoms with Gasteiger partial charge in [0.2, 0.25) is 23.5 Å². The summed E-state index contributed by atoms with van der Waals surface area (Å²) >= 11 is 14.0. The molecule has 2 atom stereocenters. The van der Waals surface area contributed by atoms with Crippen LogP contribution in [0.2, 0.25) is 10.0 Å². The number of aromatic nitrogens is 2. The van der Waals surface area contributed by atoms with Crippen molar-refractivity contribution >= 4 is 35.1 Å². The molecule has 0 unspecified atom stereocenters. The summed E-state index contributed by atoms with van der Waals surface area (Å²) in [5.74, 6) is 0.510. The largest absolute Gasteiger partial charge is 0.481 e. The third kappa shape index (κ3) is 7.10. The van der Waals surface area contributed by atoms with Gasteiger partial charge in [-0.05, 0) is 66.3 Å². The molecule has 4 aromatic rings. The molecule has 2 saturated heterocycles. The van der Waals surface area contributed by atoms with Gasteiger partial charge in [-0.3, -0.25) is 14.5 Å². The number of nitrogens with one attached hydrogen (secondary N) is 2. The second-order valence-corrected chi connectivity index (χ2v) is 15.8. The Balaban J connectivity index is 0.965. The lowest BCUT2D eigenvalue weighted by molar-refractivity contribution is -0.161. The maximum absolute atomic E-state index is 11.5. The van der Waals surface area contributed by atoms with Crippen molar-refractivity contribution in [3.05, 3.63) is 86.9 Å². The van der Waals surface area contributed by atoms with Crippen LogP contribution in [-0.2, 0) is 29.1 Å². The molecule has 13 heteroatoms. The molecule has 1 spiro atoms. The third-order valence-electron chi connectivity index (χ3n) is 11.4. The van der Waals surface area contributed by atoms with E-state index in [9.17, 15) is 14.7 Å². The van der Waals surface area contributed by atoms with E-state index in [1.54, 1.807) is 14.2 Å². The normalized spacial score (nSPS) is 20.3. The number of carboxylic acids is 1. The zero-order valence-electron chi connectivity index (χ0n) is 30.3. The van der Waals surface area contributed by atoms with Crippen molar-refractivity contribution in [3.63, 3.8) is 0 Å². The number of ether oxygens (including phenoxy) is 3. The number of halogens is 2. The van der Waals surface area contributed by atoms with Crippen LogP contribution in [0.5, 0.6) is 17.6 Å². The van der Waals surface area contributed by atoms with E-state index in [1.165, 1.54) is 5.56 Å². The van der Waals surface area contributed by atoms with Crippen molar-refractivity contribution in [1.82, 2.24) is 25.5 Å². The van der Waals surface area contributed by atoms with Crippen molar-refractivity contribution < 1.29 is 28.9 Å². The van der Waals surface area contributed by atoms with Crippen LogP contribution in [-0.4, -0.2) is 71.7 Å². The predicted molar refractivity (Wildman–Crippen MR) is 205 cm³/mol. The summed E-state index contributed by atoms with van der Waals surface area (Å²) in [5.41, 5.74) is 7.61. The molecular weight excluding hydrogens is 729 g/mol. The Morgan fingerprint density at radius 3 is 2.43 bits per heavy atom. The molecule has 4 heterocycles. The fraction of sp³-hybridized carbons (Fsp3) is 0.415. The Morgan fingerprint density at radius 2 is 1.69 bits per heavy atom. The molecule has 11 nitrogen and oxygen atoms in total. The Bertz CT molecular complexity index is 2100. The van der Waals surface area contributed by atoms with Gasteiger partial charge in [0.1, 0.15) is 11.1 Å². The van der Waals surface area contributed by atoms with Gasteiger partial charge in [-0.15, -0.1) is 0 Å². The fourth-order valence-electron chi connectivity index (χ4n) is 8.75. The molecule has 2 aliphatic carbocycles. The molecule has 3 N–H and O–H groups in total. The van der Waals surface area contributed by atoms with E-state index >= 15 is 0 Å². The van der Waals surface area contributed by atoms with Crippen LogP contribution >= 0.6 is 23.2 Å². The lowest BCUT2D eigenvalue weighted by atomic mass is 9.57. The number of rotatable bonds is 13. The van der Waals surface area contributed by atoms with E-state index in [1.807, 2.05) is 42.5 Å². The van der Waals surface area contributed by atoms with E-state index in [-0.39, 0.29) is 29.4 Å². The molecule has 1 amide bonds. The first-order valence-electron chi connectivity index (χ1n) is 18.4. The fourth-order valence-corrected chi connectivity index (χ4v) is 9.29. The first-order valence-corrected chi connectivity index (χ1v) is 19.2. The smallest absolute Gasteiger partial charge is 0.306 e. The van der Waals surface area contributed by atoms with E-state index in [4.69, 9.17) is 47.4 Å². The molecule has 2 aromatic carbocycles. The molecule has 8 rings (SSSR count). The van der Waals surface area contributed by atoms with E-state index in [0.717, 1.165) is 78.6 Å². The van der Waals surface area contributed by atoms with Gasteiger partial charge in [-0.2, -0.15) is 4.98 Å². The number of hydrogen-bond acceptors (Lipinski definition) is 9. The van der Waals surface area contributed by atoms with Crippen LogP contribution in [0.3, 0.4) is 0 Å². The zero-order chi connectivity index (χ0) is 37.6. The molecule has 282 valence electrons. The second kappa shape index (κ2) is 15.0. The minimum Gasteiger partial charge on any atom is -0.481 e. The molecular formula is C41H43Cl2N5O6. The molecule has 0 radical (unpaired) electrons. The average molecular weight is 773 g/mol. The second-order valence-electron chi connectivity index (χ2n) is 15.0. The van der Waals surface area contributed by atoms with Gasteiger partial charge in [0.05, 0.1) is 30.9 Å². The number of carbonyl (C=O) groups is 2. The molecule has 2 aromatic heterocycles. The summed E-state index contributed by atoms with van der Waals surface area (Å²) in [7, 11) is 3.21. The number of fused-ring (bicyclic) bond motifs is 1. The van der Waals surface area contributed by atoms with E-state index < -0.39 is 5.97 Å². The highest BCUT2D eigenvalue weighted by Crippen LogP contribution is 2.52. The monoisotopic (exact) mass is 771 g/mol. The lowest BCUT2D eigenvalue weighted by Crippen LogP contribution is -2.62. The van der Waals surface area contributed by atoms with Crippen molar-refractivity contribution in [1.29, 1.82) is 0 Å². The Morgan fingerprint density at radius 1 is 0.944 bits per heavy atom. The maximum Gasteiger partial charge on any atom is 0.306 e. The number of pyridine rings is 2. The third-order valence-corrected chi connectivity index (χ3v) is 12.0. The van der Waals surface area contributed by atoms with Gasteiger partial charge >= 0.3 is 5.97 Å². The van der Waals surface area contributed by atoms with Crippen molar-refractivity contribution in [2.24, 2.45) is 11.3 Å². The SMILES string of the molecule is COc1nc(-c2cccc(-c3cccc4c3CC[C@@H]4Oc3nc(OC)c(CN4CC5(CC(C(=O)O)C5)C4)cc3Cl)c2Cl)ccc1CNC[C@@H]1CCC(=O)N1. The summed E-state index contributed by atoms with van der Waals surface area (Å²) in [6.07, 6.45) is 4.19. The number of benzene rings is 2. The van der Waals surface area contributed by atoms with Gasteiger partial charge in [0.15, 0.2) is 0 Å². The van der Waals surface area contributed by atoms with E-state index in [0.29, 0.717) is 59.4 Å². The predicted octanol–water partition coefficient (Wildman–Crippen LogP) is 6.87. The standard InChI is InChI=1S/C41H43Cl2N5O6/c1-52-37-23(18-44-19-26-10-14-35(49)45-26)9-12-33(46-37)31-8-4-7-30(36(31)43)27-5-3-6-29-28(27)11-13-34(29)54-39-32(42)15-24(38(47-39)53-2)20-48-21-41(22-48)16-25(17-41)40(50)51/h3-9,12,15,25-26,34,44H,10-11,13-14,16-22H2,1-2H3,(H,45,49)(H,50,51)/t26-,34-/m0/s1. The molecule has 1 saturated carbocycles. The first-order chi connectivity index (χ1) is 26.1. The number of carboxylic acid groups (broad SMARTS) is 1. The molecule has 54 heavy (non-hydrogen) atoms. The van der Waals surface area contributed by atoms with Crippen LogP contribution < -0.4 is 24.8 Å². The van der Waals surface area contributed by atoms with Crippen LogP contribution in [0.25, 0.3) is 22.4 Å². The minimum atomic E-state index is -0.693. The van der Waals surface area contributed by atoms with Crippen molar-refractivity contribution in [2.45, 2.75) is 63.8 Å². The first kappa shape index (κ1) is 36.6. The number of likely N-dealkylation sites (tertiary alicyclic amines) is 1. The number of aliphatic carboxylic acids is 1. The lowest BCUT2D eigenvalue weighted by Gasteiger charge is -2.58. The Labute approximate surface area is 324 Å². The quantitative estimate of drug-likeness (QED) is 0.132. The highest BCUT2D eigenvalue weighted by atomic mass is 35.5. The van der Waals surface area contributed by atoms with Crippen LogP contribution in [0.15, 0.2) is 54.6 Å². The van der Waals surface area contributed by atoms with E-state index in [2.05, 4.69) is 27.7 Å². The summed E-state index contributed by atoms with van der Waals surface area (Å²) in [5, 5.41) is 16.7. The summed E-state index contributed by atoms with van der Waals surface area (Å²) in [4.78, 5) is 34.6. The van der Waals surface area contributed by atoms with Gasteiger partial charge in [0, 0.05) is 67.4 Å². The summed E-state index contributed by atoms with van der Waals surface area (Å²) < 4.78 is 17.9. The number of methoxy groups -OCH3 is 2. The van der Waals surface area contributed by atoms with Crippen molar-refractivity contribution in [2.75, 3.05) is 33.9 Å². The average Bonchev–Trinajstić information content (AvgIpc) is 3.75. The number of nitrogens with zero attached hydrogens (tertiary/aromatic N) is 3. The van der Waals surface area contributed by atoms with Crippen LogP contribution in [0.1, 0.15) is 60.5 Å². The van der Waals surface area contributed by atoms with Crippen LogP contribution in [0.4, 0.5) is 0 Å². The highest BCUT2D eigenvalue weighted by Gasteiger charge is 2.54. The Hall–Kier alpha value is -4.42. The zero-order valence-corrected chi connectivity index (χ0v) is 31.8. The molecule has 2 aliphatic heterocycles. The molecule has 0 bridgehead atoms. The van der Waals surface area contributed by atoms with Gasteiger partial charge in [-0.1, -0.05) is 65.7 Å². The topological polar surface area (TPSA) is 135 Å². The van der Waals surface area contributed by atoms with Crippen molar-refractivity contribution in [3.8, 4) is 40.0 Å².